The lowest BCUT2D eigenvalue weighted by Gasteiger charge is -2.18. The lowest BCUT2D eigenvalue weighted by atomic mass is 9.98. The average Bonchev–Trinajstić information content (AvgIpc) is 3.11. The van der Waals surface area contributed by atoms with Crippen molar-refractivity contribution in [2.45, 2.75) is 19.0 Å². The van der Waals surface area contributed by atoms with Gasteiger partial charge >= 0.3 is 0 Å². The quantitative estimate of drug-likeness (QED) is 0.814. The van der Waals surface area contributed by atoms with Crippen LogP contribution in [0.5, 0.6) is 0 Å². The van der Waals surface area contributed by atoms with E-state index in [0.717, 1.165) is 12.1 Å². The zero-order valence-corrected chi connectivity index (χ0v) is 11.8. The summed E-state index contributed by atoms with van der Waals surface area (Å²) in [6.07, 6.45) is 3.08. The summed E-state index contributed by atoms with van der Waals surface area (Å²) in [5, 5.41) is 8.91. The van der Waals surface area contributed by atoms with Gasteiger partial charge in [-0.2, -0.15) is 5.26 Å². The Morgan fingerprint density at radius 3 is 2.65 bits per heavy atom. The molecule has 1 aromatic carbocycles. The van der Waals surface area contributed by atoms with Gasteiger partial charge in [0, 0.05) is 31.3 Å². The van der Waals surface area contributed by atoms with Crippen molar-refractivity contribution >= 4 is 5.91 Å². The Kier molecular flexibility index (Phi) is 3.78. The zero-order valence-electron chi connectivity index (χ0n) is 11.8. The molecule has 1 saturated heterocycles. The van der Waals surface area contributed by atoms with E-state index in [1.165, 1.54) is 15.7 Å². The first-order valence-corrected chi connectivity index (χ1v) is 6.83. The predicted molar refractivity (Wildman–Crippen MR) is 72.3 cm³/mol. The predicted octanol–water partition coefficient (Wildman–Crippen LogP) is 2.15. The molecule has 1 aliphatic rings. The fraction of sp³-hybridized carbons (Fsp3) is 0.267. The van der Waals surface area contributed by atoms with Gasteiger partial charge in [-0.25, -0.2) is 18.2 Å². The SMILES string of the molecule is N#Cc1nccn1CN1CC(c2cc(F)c(F)c(F)c2)CC1=O. The van der Waals surface area contributed by atoms with Gasteiger partial charge in [-0.05, 0) is 17.7 Å². The third-order valence-electron chi connectivity index (χ3n) is 3.83. The Morgan fingerprint density at radius 2 is 2.00 bits per heavy atom. The minimum absolute atomic E-state index is 0.0705. The number of hydrogen-bond donors (Lipinski definition) is 0. The molecule has 0 bridgehead atoms. The molecule has 0 N–H and O–H groups in total. The lowest BCUT2D eigenvalue weighted by molar-refractivity contribution is -0.129. The van der Waals surface area contributed by atoms with Crippen molar-refractivity contribution in [1.82, 2.24) is 14.5 Å². The molecule has 2 heterocycles. The number of halogens is 3. The van der Waals surface area contributed by atoms with Crippen molar-refractivity contribution in [2.24, 2.45) is 0 Å². The van der Waals surface area contributed by atoms with Gasteiger partial charge in [-0.15, -0.1) is 0 Å². The van der Waals surface area contributed by atoms with Crippen molar-refractivity contribution < 1.29 is 18.0 Å². The van der Waals surface area contributed by atoms with Crippen LogP contribution in [0.1, 0.15) is 23.7 Å². The van der Waals surface area contributed by atoms with Gasteiger partial charge in [0.05, 0.1) is 6.67 Å². The number of benzene rings is 1. The van der Waals surface area contributed by atoms with Crippen LogP contribution < -0.4 is 0 Å². The van der Waals surface area contributed by atoms with Gasteiger partial charge in [0.1, 0.15) is 6.07 Å². The van der Waals surface area contributed by atoms with E-state index < -0.39 is 23.4 Å². The van der Waals surface area contributed by atoms with Gasteiger partial charge in [-0.3, -0.25) is 4.79 Å². The van der Waals surface area contributed by atoms with Gasteiger partial charge in [-0.1, -0.05) is 0 Å². The van der Waals surface area contributed by atoms with Crippen molar-refractivity contribution in [3.8, 4) is 6.07 Å². The molecule has 1 atom stereocenters. The van der Waals surface area contributed by atoms with Gasteiger partial charge in [0.25, 0.3) is 0 Å². The van der Waals surface area contributed by atoms with Crippen LogP contribution >= 0.6 is 0 Å². The highest BCUT2D eigenvalue weighted by molar-refractivity contribution is 5.79. The maximum atomic E-state index is 13.3. The summed E-state index contributed by atoms with van der Waals surface area (Å²) in [6.45, 7) is 0.358. The second-order valence-corrected chi connectivity index (χ2v) is 5.29. The fourth-order valence-electron chi connectivity index (χ4n) is 2.66. The van der Waals surface area contributed by atoms with Crippen LogP contribution in [0.2, 0.25) is 0 Å². The molecule has 1 aliphatic heterocycles. The topological polar surface area (TPSA) is 61.9 Å². The molecule has 2 aromatic rings. The Balaban J connectivity index is 1.79. The monoisotopic (exact) mass is 320 g/mol. The van der Waals surface area contributed by atoms with E-state index in [9.17, 15) is 18.0 Å². The summed E-state index contributed by atoms with van der Waals surface area (Å²) in [7, 11) is 0. The van der Waals surface area contributed by atoms with Crippen LogP contribution in [0.25, 0.3) is 0 Å². The smallest absolute Gasteiger partial charge is 0.224 e. The van der Waals surface area contributed by atoms with Crippen molar-refractivity contribution in [1.29, 1.82) is 5.26 Å². The summed E-state index contributed by atoms with van der Waals surface area (Å²) in [5.74, 6) is -4.54. The van der Waals surface area contributed by atoms with Gasteiger partial charge in [0.15, 0.2) is 17.5 Å². The van der Waals surface area contributed by atoms with E-state index in [1.54, 1.807) is 6.20 Å². The Hall–Kier alpha value is -2.82. The van der Waals surface area contributed by atoms with E-state index in [2.05, 4.69) is 4.98 Å². The Bertz CT molecular complexity index is 788. The van der Waals surface area contributed by atoms with E-state index in [0.29, 0.717) is 0 Å². The maximum absolute atomic E-state index is 13.3. The van der Waals surface area contributed by atoms with Crippen LogP contribution in [-0.4, -0.2) is 26.9 Å². The Labute approximate surface area is 129 Å². The summed E-state index contributed by atoms with van der Waals surface area (Å²) in [6, 6.07) is 3.73. The third kappa shape index (κ3) is 2.77. The number of likely N-dealkylation sites (tertiary alicyclic amines) is 1. The largest absolute Gasteiger partial charge is 0.324 e. The maximum Gasteiger partial charge on any atom is 0.224 e. The van der Waals surface area contributed by atoms with Crippen LogP contribution in [0.3, 0.4) is 0 Å². The lowest BCUT2D eigenvalue weighted by Crippen LogP contribution is -2.28. The first-order valence-electron chi connectivity index (χ1n) is 6.83. The molecule has 23 heavy (non-hydrogen) atoms. The van der Waals surface area contributed by atoms with E-state index in [1.807, 2.05) is 6.07 Å². The second-order valence-electron chi connectivity index (χ2n) is 5.29. The van der Waals surface area contributed by atoms with Crippen LogP contribution in [0, 0.1) is 28.8 Å². The molecule has 0 saturated carbocycles. The number of nitrogens with zero attached hydrogens (tertiary/aromatic N) is 4. The number of nitriles is 1. The highest BCUT2D eigenvalue weighted by Gasteiger charge is 2.32. The molecular formula is C15H11F3N4O. The molecule has 0 spiro atoms. The van der Waals surface area contributed by atoms with Crippen LogP contribution in [-0.2, 0) is 11.5 Å². The van der Waals surface area contributed by atoms with E-state index >= 15 is 0 Å². The number of imidazole rings is 1. The highest BCUT2D eigenvalue weighted by Crippen LogP contribution is 2.30. The number of hydrogen-bond acceptors (Lipinski definition) is 3. The molecule has 118 valence electrons. The van der Waals surface area contributed by atoms with E-state index in [-0.39, 0.29) is 36.9 Å². The van der Waals surface area contributed by atoms with Crippen molar-refractivity contribution in [2.75, 3.05) is 6.54 Å². The summed E-state index contributed by atoms with van der Waals surface area (Å²) in [5.41, 5.74) is 0.239. The van der Waals surface area contributed by atoms with E-state index in [4.69, 9.17) is 5.26 Å². The van der Waals surface area contributed by atoms with Crippen LogP contribution in [0.15, 0.2) is 24.5 Å². The molecule has 0 aliphatic carbocycles. The summed E-state index contributed by atoms with van der Waals surface area (Å²) < 4.78 is 41.2. The molecule has 1 fully saturated rings. The second kappa shape index (κ2) is 5.76. The van der Waals surface area contributed by atoms with Gasteiger partial charge in [0.2, 0.25) is 11.7 Å². The molecule has 0 radical (unpaired) electrons. The third-order valence-corrected chi connectivity index (χ3v) is 3.83. The molecule has 1 unspecified atom stereocenters. The molecule has 8 heteroatoms. The minimum atomic E-state index is -1.52. The number of carbonyl (C=O) groups is 1. The summed E-state index contributed by atoms with van der Waals surface area (Å²) in [4.78, 5) is 17.4. The zero-order chi connectivity index (χ0) is 16.6. The molecular weight excluding hydrogens is 309 g/mol. The number of aromatic nitrogens is 2. The molecule has 1 aromatic heterocycles. The molecule has 3 rings (SSSR count). The molecule has 1 amide bonds. The first kappa shape index (κ1) is 15.1. The number of amides is 1. The highest BCUT2D eigenvalue weighted by atomic mass is 19.2. The number of rotatable bonds is 3. The average molecular weight is 320 g/mol. The molecule has 5 nitrogen and oxygen atoms in total. The van der Waals surface area contributed by atoms with Crippen LogP contribution in [0.4, 0.5) is 13.2 Å². The van der Waals surface area contributed by atoms with Gasteiger partial charge < -0.3 is 9.47 Å². The normalized spacial score (nSPS) is 17.6. The van der Waals surface area contributed by atoms with Crippen molar-refractivity contribution in [3.63, 3.8) is 0 Å². The fourth-order valence-corrected chi connectivity index (χ4v) is 2.66. The number of carbonyl (C=O) groups excluding carboxylic acids is 1. The standard InChI is InChI=1S/C15H11F3N4O/c16-11-3-9(4-12(17)15(11)18)10-5-14(23)22(7-10)8-21-2-1-20-13(21)6-19/h1-4,10H,5,7-8H2. The Morgan fingerprint density at radius 1 is 1.30 bits per heavy atom. The van der Waals surface area contributed by atoms with Crippen molar-refractivity contribution in [3.05, 3.63) is 53.4 Å². The first-order chi connectivity index (χ1) is 11.0. The minimum Gasteiger partial charge on any atom is -0.324 e. The summed E-state index contributed by atoms with van der Waals surface area (Å²) >= 11 is 0.